The van der Waals surface area contributed by atoms with Crippen molar-refractivity contribution >= 4 is 32.5 Å². The van der Waals surface area contributed by atoms with Crippen LogP contribution in [-0.4, -0.2) is 29.4 Å². The molecule has 0 radical (unpaired) electrons. The van der Waals surface area contributed by atoms with E-state index >= 15 is 0 Å². The second kappa shape index (κ2) is 4.95. The quantitative estimate of drug-likeness (QED) is 0.579. The van der Waals surface area contributed by atoms with Crippen LogP contribution in [0.5, 0.6) is 0 Å². The lowest BCUT2D eigenvalue weighted by molar-refractivity contribution is 0.0566. The highest BCUT2D eigenvalue weighted by Gasteiger charge is 2.16. The van der Waals surface area contributed by atoms with Crippen LogP contribution in [0.4, 0.5) is 8.78 Å². The molecule has 0 saturated heterocycles. The molecule has 0 bridgehead atoms. The zero-order valence-corrected chi connectivity index (χ0v) is 12.8. The van der Waals surface area contributed by atoms with E-state index < -0.39 is 12.2 Å². The van der Waals surface area contributed by atoms with Crippen molar-refractivity contribution < 1.29 is 8.78 Å². The summed E-state index contributed by atoms with van der Waals surface area (Å²) in [5.74, 6) is 0.148. The number of halogens is 3. The number of H-pyrrole nitrogens is 1. The maximum atomic E-state index is 12.6. The van der Waals surface area contributed by atoms with Gasteiger partial charge in [-0.05, 0) is 28.1 Å². The summed E-state index contributed by atoms with van der Waals surface area (Å²) in [5.41, 5.74) is 0.757. The van der Waals surface area contributed by atoms with Crippen LogP contribution in [0, 0.1) is 0 Å². The minimum absolute atomic E-state index is 0.148. The number of fused-ring (bicyclic) bond motifs is 3. The summed E-state index contributed by atoms with van der Waals surface area (Å²) >= 11 is 3.36. The first-order valence-electron chi connectivity index (χ1n) is 6.44. The Bertz CT molecular complexity index is 1100. The number of nitrogens with zero attached hydrogens (tertiary/aromatic N) is 5. The van der Waals surface area contributed by atoms with Gasteiger partial charge in [0.1, 0.15) is 0 Å². The van der Waals surface area contributed by atoms with E-state index in [0.717, 1.165) is 10.7 Å². The average Bonchev–Trinajstić information content (AvgIpc) is 3.15. The molecule has 1 N–H and O–H groups in total. The third kappa shape index (κ3) is 2.13. The molecule has 0 saturated carbocycles. The van der Waals surface area contributed by atoms with Crippen LogP contribution in [0.3, 0.4) is 0 Å². The maximum Gasteiger partial charge on any atom is 0.348 e. The molecular weight excluding hydrogens is 374 g/mol. The van der Waals surface area contributed by atoms with E-state index in [1.165, 1.54) is 6.20 Å². The van der Waals surface area contributed by atoms with Crippen molar-refractivity contribution in [3.63, 3.8) is 0 Å². The topological polar surface area (TPSA) is 80.9 Å². The van der Waals surface area contributed by atoms with E-state index in [-0.39, 0.29) is 5.82 Å². The Morgan fingerprint density at radius 2 is 2.13 bits per heavy atom. The summed E-state index contributed by atoms with van der Waals surface area (Å²) in [6, 6.07) is 5.37. The number of rotatable bonds is 2. The van der Waals surface area contributed by atoms with Gasteiger partial charge in [0.15, 0.2) is 11.5 Å². The predicted octanol–water partition coefficient (Wildman–Crippen LogP) is 2.59. The minimum atomic E-state index is -2.75. The minimum Gasteiger partial charge on any atom is -0.304 e. The molecule has 3 aromatic heterocycles. The van der Waals surface area contributed by atoms with Crippen molar-refractivity contribution in [2.75, 3.05) is 0 Å². The van der Waals surface area contributed by atoms with Crippen LogP contribution >= 0.6 is 15.9 Å². The van der Waals surface area contributed by atoms with Crippen LogP contribution in [0.25, 0.3) is 27.9 Å². The summed E-state index contributed by atoms with van der Waals surface area (Å²) in [4.78, 5) is 19.2. The van der Waals surface area contributed by atoms with Crippen molar-refractivity contribution in [1.29, 1.82) is 0 Å². The molecule has 7 nitrogen and oxygen atoms in total. The Kier molecular flexibility index (Phi) is 3.01. The molecule has 0 amide bonds. The van der Waals surface area contributed by atoms with Gasteiger partial charge in [-0.1, -0.05) is 6.07 Å². The monoisotopic (exact) mass is 380 g/mol. The second-order valence-electron chi connectivity index (χ2n) is 4.75. The Morgan fingerprint density at radius 1 is 1.30 bits per heavy atom. The summed E-state index contributed by atoms with van der Waals surface area (Å²) in [6.07, 6.45) is 2.36. The zero-order chi connectivity index (χ0) is 16.1. The fourth-order valence-corrected chi connectivity index (χ4v) is 2.77. The van der Waals surface area contributed by atoms with E-state index in [4.69, 9.17) is 0 Å². The highest BCUT2D eigenvalue weighted by atomic mass is 79.9. The Morgan fingerprint density at radius 3 is 2.87 bits per heavy atom. The molecule has 23 heavy (non-hydrogen) atoms. The van der Waals surface area contributed by atoms with Crippen molar-refractivity contribution in [1.82, 2.24) is 29.4 Å². The van der Waals surface area contributed by atoms with Gasteiger partial charge < -0.3 is 4.98 Å². The molecule has 0 fully saturated rings. The highest BCUT2D eigenvalue weighted by Crippen LogP contribution is 2.25. The van der Waals surface area contributed by atoms with Gasteiger partial charge in [-0.25, -0.2) is 14.5 Å². The first-order valence-corrected chi connectivity index (χ1v) is 7.24. The summed E-state index contributed by atoms with van der Waals surface area (Å²) in [5, 5.41) is 8.31. The number of aromatic amines is 1. The summed E-state index contributed by atoms with van der Waals surface area (Å²) in [6.45, 7) is -2.75. The molecule has 10 heteroatoms. The smallest absolute Gasteiger partial charge is 0.304 e. The van der Waals surface area contributed by atoms with Gasteiger partial charge in [0.2, 0.25) is 0 Å². The molecule has 0 spiro atoms. The molecule has 0 aliphatic heterocycles. The lowest BCUT2D eigenvalue weighted by atomic mass is 10.2. The molecule has 0 atom stereocenters. The summed E-state index contributed by atoms with van der Waals surface area (Å²) in [7, 11) is 0. The number of para-hydroxylation sites is 1. The molecule has 116 valence electrons. The molecule has 1 aromatic carbocycles. The van der Waals surface area contributed by atoms with Crippen LogP contribution < -0.4 is 5.69 Å². The number of benzene rings is 1. The van der Waals surface area contributed by atoms with E-state index in [2.05, 4.69) is 36.1 Å². The number of nitrogens with one attached hydrogen (secondary N) is 1. The molecular formula is C13H7BrF2N6O. The first-order chi connectivity index (χ1) is 11.0. The molecule has 4 rings (SSSR count). The SMILES string of the molecule is O=c1[nH]c2c(Br)cccc2c2nc(-c3cnn(C(F)F)c3)nn12. The fraction of sp³-hybridized carbons (Fsp3) is 0.0769. The first kappa shape index (κ1) is 14.0. The Balaban J connectivity index is 2.00. The second-order valence-corrected chi connectivity index (χ2v) is 5.60. The van der Waals surface area contributed by atoms with E-state index in [0.29, 0.717) is 31.3 Å². The van der Waals surface area contributed by atoms with Gasteiger partial charge in [-0.15, -0.1) is 5.10 Å². The van der Waals surface area contributed by atoms with Crippen LogP contribution in [0.15, 0.2) is 39.9 Å². The van der Waals surface area contributed by atoms with Crippen LogP contribution in [-0.2, 0) is 0 Å². The van der Waals surface area contributed by atoms with Gasteiger partial charge >= 0.3 is 12.2 Å². The molecule has 4 aromatic rings. The van der Waals surface area contributed by atoms with Gasteiger partial charge in [0, 0.05) is 16.1 Å². The molecule has 0 aliphatic carbocycles. The Hall–Kier alpha value is -2.62. The van der Waals surface area contributed by atoms with Gasteiger partial charge in [-0.2, -0.15) is 18.4 Å². The zero-order valence-electron chi connectivity index (χ0n) is 11.2. The van der Waals surface area contributed by atoms with Crippen molar-refractivity contribution in [2.45, 2.75) is 6.55 Å². The van der Waals surface area contributed by atoms with E-state index in [1.807, 2.05) is 0 Å². The maximum absolute atomic E-state index is 12.6. The van der Waals surface area contributed by atoms with Crippen molar-refractivity contribution in [3.05, 3.63) is 45.5 Å². The predicted molar refractivity (Wildman–Crippen MR) is 81.3 cm³/mol. The third-order valence-electron chi connectivity index (χ3n) is 3.35. The van der Waals surface area contributed by atoms with Crippen molar-refractivity contribution in [2.24, 2.45) is 0 Å². The number of aromatic nitrogens is 6. The van der Waals surface area contributed by atoms with Gasteiger partial charge in [0.25, 0.3) is 0 Å². The highest BCUT2D eigenvalue weighted by molar-refractivity contribution is 9.10. The van der Waals surface area contributed by atoms with Crippen molar-refractivity contribution in [3.8, 4) is 11.4 Å². The number of hydrogen-bond acceptors (Lipinski definition) is 4. The van der Waals surface area contributed by atoms with E-state index in [1.54, 1.807) is 18.2 Å². The molecule has 0 aliphatic rings. The largest absolute Gasteiger partial charge is 0.348 e. The average molecular weight is 381 g/mol. The number of alkyl halides is 2. The van der Waals surface area contributed by atoms with Gasteiger partial charge in [-0.3, -0.25) is 0 Å². The molecule has 0 unspecified atom stereocenters. The number of hydrogen-bond donors (Lipinski definition) is 1. The lowest BCUT2D eigenvalue weighted by Crippen LogP contribution is -2.17. The van der Waals surface area contributed by atoms with Gasteiger partial charge in [0.05, 0.1) is 17.3 Å². The fourth-order valence-electron chi connectivity index (χ4n) is 2.31. The normalized spacial score (nSPS) is 11.8. The van der Waals surface area contributed by atoms with E-state index in [9.17, 15) is 13.6 Å². The van der Waals surface area contributed by atoms with Crippen LogP contribution in [0.1, 0.15) is 6.55 Å². The lowest BCUT2D eigenvalue weighted by Gasteiger charge is -2.00. The summed E-state index contributed by atoms with van der Waals surface area (Å²) < 4.78 is 27.5. The molecule has 3 heterocycles. The van der Waals surface area contributed by atoms with Crippen LogP contribution in [0.2, 0.25) is 0 Å². The third-order valence-corrected chi connectivity index (χ3v) is 4.01. The standard InChI is InChI=1S/C13H7BrF2N6O/c14-8-3-1-2-7-9(8)18-13(23)22-11(7)19-10(20-22)6-4-17-21(5-6)12(15)16/h1-5,12H,(H,18,23). The Labute approximate surface area is 134 Å².